The van der Waals surface area contributed by atoms with Crippen molar-refractivity contribution in [2.45, 2.75) is 0 Å². The van der Waals surface area contributed by atoms with Crippen molar-refractivity contribution >= 4 is 23.4 Å². The fourth-order valence-electron chi connectivity index (χ4n) is 1.53. The molecule has 1 heterocycles. The number of hydrogen-bond donors (Lipinski definition) is 3. The Labute approximate surface area is 108 Å². The van der Waals surface area contributed by atoms with E-state index in [2.05, 4.69) is 10.3 Å². The van der Waals surface area contributed by atoms with Crippen LogP contribution in [0.4, 0.5) is 11.5 Å². The van der Waals surface area contributed by atoms with Gasteiger partial charge < -0.3 is 16.2 Å². The second kappa shape index (κ2) is 5.18. The number of carboxylic acids is 1. The molecule has 6 heteroatoms. The first kappa shape index (κ1) is 12.6. The molecule has 0 aliphatic rings. The van der Waals surface area contributed by atoms with Gasteiger partial charge in [0.05, 0.1) is 5.56 Å². The molecule has 96 valence electrons. The van der Waals surface area contributed by atoms with Crippen LogP contribution in [0.5, 0.6) is 0 Å². The maximum atomic E-state index is 11.1. The van der Waals surface area contributed by atoms with Crippen LogP contribution in [0.15, 0.2) is 42.6 Å². The lowest BCUT2D eigenvalue weighted by Crippen LogP contribution is -2.10. The van der Waals surface area contributed by atoms with E-state index in [0.29, 0.717) is 17.1 Å². The standard InChI is InChI=1S/C13H11N3O3/c14-12(17)8-2-1-3-10(6-8)16-11-7-9(13(18)19)4-5-15-11/h1-7H,(H2,14,17)(H,15,16)(H,18,19). The Morgan fingerprint density at radius 2 is 1.95 bits per heavy atom. The Balaban J connectivity index is 2.26. The van der Waals surface area contributed by atoms with E-state index >= 15 is 0 Å². The summed E-state index contributed by atoms with van der Waals surface area (Å²) < 4.78 is 0. The van der Waals surface area contributed by atoms with E-state index in [4.69, 9.17) is 10.8 Å². The summed E-state index contributed by atoms with van der Waals surface area (Å²) >= 11 is 0. The van der Waals surface area contributed by atoms with Gasteiger partial charge in [0.25, 0.3) is 0 Å². The average molecular weight is 257 g/mol. The second-order valence-electron chi connectivity index (χ2n) is 3.80. The van der Waals surface area contributed by atoms with Crippen molar-refractivity contribution in [3.05, 3.63) is 53.7 Å². The first-order chi connectivity index (χ1) is 9.06. The fraction of sp³-hybridized carbons (Fsp3) is 0. The molecule has 0 atom stereocenters. The Bertz CT molecular complexity index is 585. The van der Waals surface area contributed by atoms with Crippen molar-refractivity contribution in [1.29, 1.82) is 0 Å². The van der Waals surface area contributed by atoms with Gasteiger partial charge in [-0.05, 0) is 30.3 Å². The summed E-state index contributed by atoms with van der Waals surface area (Å²) in [6, 6.07) is 9.35. The van der Waals surface area contributed by atoms with E-state index < -0.39 is 11.9 Å². The number of benzene rings is 1. The lowest BCUT2D eigenvalue weighted by atomic mass is 10.2. The number of aromatic carboxylic acids is 1. The summed E-state index contributed by atoms with van der Waals surface area (Å²) in [7, 11) is 0. The molecule has 2 rings (SSSR count). The van der Waals surface area contributed by atoms with Gasteiger partial charge in [0, 0.05) is 17.4 Å². The minimum Gasteiger partial charge on any atom is -0.478 e. The number of rotatable bonds is 4. The van der Waals surface area contributed by atoms with Gasteiger partial charge in [0.2, 0.25) is 5.91 Å². The molecule has 1 aromatic carbocycles. The van der Waals surface area contributed by atoms with Gasteiger partial charge in [-0.1, -0.05) is 6.07 Å². The Hall–Kier alpha value is -2.89. The molecule has 0 fully saturated rings. The highest BCUT2D eigenvalue weighted by Crippen LogP contribution is 2.16. The Morgan fingerprint density at radius 1 is 1.16 bits per heavy atom. The molecular formula is C13H11N3O3. The highest BCUT2D eigenvalue weighted by molar-refractivity contribution is 5.94. The number of nitrogens with zero attached hydrogens (tertiary/aromatic N) is 1. The highest BCUT2D eigenvalue weighted by Gasteiger charge is 2.05. The summed E-state index contributed by atoms with van der Waals surface area (Å²) in [4.78, 5) is 25.9. The normalized spacial score (nSPS) is 9.89. The average Bonchev–Trinajstić information content (AvgIpc) is 2.39. The number of primary amides is 1. The maximum absolute atomic E-state index is 11.1. The minimum atomic E-state index is -1.03. The summed E-state index contributed by atoms with van der Waals surface area (Å²) in [5.74, 6) is -1.19. The number of amides is 1. The third-order valence-corrected chi connectivity index (χ3v) is 2.43. The topological polar surface area (TPSA) is 105 Å². The molecule has 0 unspecified atom stereocenters. The van der Waals surface area contributed by atoms with Crippen LogP contribution in [0, 0.1) is 0 Å². The second-order valence-corrected chi connectivity index (χ2v) is 3.80. The molecule has 0 saturated carbocycles. The van der Waals surface area contributed by atoms with Crippen LogP contribution in [0.3, 0.4) is 0 Å². The number of anilines is 2. The minimum absolute atomic E-state index is 0.128. The van der Waals surface area contributed by atoms with Gasteiger partial charge in [0.15, 0.2) is 0 Å². The third-order valence-electron chi connectivity index (χ3n) is 2.43. The number of nitrogens with two attached hydrogens (primary N) is 1. The SMILES string of the molecule is NC(=O)c1cccc(Nc2cc(C(=O)O)ccn2)c1. The number of carbonyl (C=O) groups is 2. The van der Waals surface area contributed by atoms with E-state index in [1.807, 2.05) is 0 Å². The summed E-state index contributed by atoms with van der Waals surface area (Å²) in [5.41, 5.74) is 6.27. The molecule has 0 radical (unpaired) electrons. The van der Waals surface area contributed by atoms with Crippen LogP contribution >= 0.6 is 0 Å². The zero-order chi connectivity index (χ0) is 13.8. The predicted molar refractivity (Wildman–Crippen MR) is 69.4 cm³/mol. The van der Waals surface area contributed by atoms with E-state index in [9.17, 15) is 9.59 Å². The number of carbonyl (C=O) groups excluding carboxylic acids is 1. The lowest BCUT2D eigenvalue weighted by Gasteiger charge is -2.07. The maximum Gasteiger partial charge on any atom is 0.335 e. The van der Waals surface area contributed by atoms with Crippen LogP contribution in [0.2, 0.25) is 0 Å². The molecule has 19 heavy (non-hydrogen) atoms. The number of carboxylic acid groups (broad SMARTS) is 1. The zero-order valence-corrected chi connectivity index (χ0v) is 9.83. The van der Waals surface area contributed by atoms with Crippen molar-refractivity contribution in [3.63, 3.8) is 0 Å². The van der Waals surface area contributed by atoms with Crippen LogP contribution in [-0.2, 0) is 0 Å². The molecule has 0 spiro atoms. The van der Waals surface area contributed by atoms with Gasteiger partial charge in [-0.25, -0.2) is 9.78 Å². The molecule has 0 bridgehead atoms. The molecule has 0 aliphatic heterocycles. The quantitative estimate of drug-likeness (QED) is 0.771. The lowest BCUT2D eigenvalue weighted by molar-refractivity contribution is 0.0696. The van der Waals surface area contributed by atoms with Crippen molar-refractivity contribution < 1.29 is 14.7 Å². The molecule has 1 amide bonds. The van der Waals surface area contributed by atoms with Crippen LogP contribution in [-0.4, -0.2) is 22.0 Å². The van der Waals surface area contributed by atoms with Gasteiger partial charge in [-0.2, -0.15) is 0 Å². The largest absolute Gasteiger partial charge is 0.478 e. The molecule has 4 N–H and O–H groups in total. The summed E-state index contributed by atoms with van der Waals surface area (Å²) in [5, 5.41) is 11.8. The number of pyridine rings is 1. The molecule has 1 aromatic heterocycles. The van der Waals surface area contributed by atoms with Crippen LogP contribution < -0.4 is 11.1 Å². The number of nitrogens with one attached hydrogen (secondary N) is 1. The molecule has 2 aromatic rings. The number of aromatic nitrogens is 1. The number of hydrogen-bond acceptors (Lipinski definition) is 4. The van der Waals surface area contributed by atoms with Crippen molar-refractivity contribution in [2.24, 2.45) is 5.73 Å². The van der Waals surface area contributed by atoms with E-state index in [0.717, 1.165) is 0 Å². The highest BCUT2D eigenvalue weighted by atomic mass is 16.4. The molecular weight excluding hydrogens is 246 g/mol. The van der Waals surface area contributed by atoms with E-state index in [-0.39, 0.29) is 5.56 Å². The van der Waals surface area contributed by atoms with Gasteiger partial charge in [-0.3, -0.25) is 4.79 Å². The van der Waals surface area contributed by atoms with Crippen molar-refractivity contribution in [1.82, 2.24) is 4.98 Å². The van der Waals surface area contributed by atoms with Crippen molar-refractivity contribution in [3.8, 4) is 0 Å². The smallest absolute Gasteiger partial charge is 0.335 e. The zero-order valence-electron chi connectivity index (χ0n) is 9.83. The predicted octanol–water partition coefficient (Wildman–Crippen LogP) is 1.62. The Kier molecular flexibility index (Phi) is 3.42. The van der Waals surface area contributed by atoms with E-state index in [1.165, 1.54) is 18.3 Å². The van der Waals surface area contributed by atoms with Gasteiger partial charge >= 0.3 is 5.97 Å². The molecule has 0 saturated heterocycles. The fourth-order valence-corrected chi connectivity index (χ4v) is 1.53. The Morgan fingerprint density at radius 3 is 2.63 bits per heavy atom. The van der Waals surface area contributed by atoms with E-state index in [1.54, 1.807) is 24.3 Å². The van der Waals surface area contributed by atoms with Gasteiger partial charge in [0.1, 0.15) is 5.82 Å². The molecule has 6 nitrogen and oxygen atoms in total. The first-order valence-electron chi connectivity index (χ1n) is 5.42. The summed E-state index contributed by atoms with van der Waals surface area (Å²) in [6.07, 6.45) is 1.39. The monoisotopic (exact) mass is 257 g/mol. The third kappa shape index (κ3) is 3.06. The molecule has 0 aliphatic carbocycles. The summed E-state index contributed by atoms with van der Waals surface area (Å²) in [6.45, 7) is 0. The first-order valence-corrected chi connectivity index (χ1v) is 5.42. The van der Waals surface area contributed by atoms with Gasteiger partial charge in [-0.15, -0.1) is 0 Å². The van der Waals surface area contributed by atoms with Crippen molar-refractivity contribution in [2.75, 3.05) is 5.32 Å². The van der Waals surface area contributed by atoms with Crippen LogP contribution in [0.25, 0.3) is 0 Å². The van der Waals surface area contributed by atoms with Crippen LogP contribution in [0.1, 0.15) is 20.7 Å².